The smallest absolute Gasteiger partial charge is 0.300 e. The van der Waals surface area contributed by atoms with Gasteiger partial charge in [-0.25, -0.2) is 4.39 Å². The van der Waals surface area contributed by atoms with E-state index in [0.29, 0.717) is 10.6 Å². The van der Waals surface area contributed by atoms with Gasteiger partial charge < -0.3 is 9.84 Å². The second-order valence-corrected chi connectivity index (χ2v) is 7.79. The van der Waals surface area contributed by atoms with Gasteiger partial charge in [0.15, 0.2) is 0 Å². The van der Waals surface area contributed by atoms with E-state index in [0.717, 1.165) is 5.56 Å². The third-order valence-electron chi connectivity index (χ3n) is 5.43. The number of halogens is 2. The first-order chi connectivity index (χ1) is 15.3. The molecule has 1 aliphatic rings. The lowest BCUT2D eigenvalue weighted by Gasteiger charge is -2.26. The van der Waals surface area contributed by atoms with E-state index in [9.17, 15) is 19.1 Å². The molecule has 1 saturated heterocycles. The average Bonchev–Trinajstić information content (AvgIpc) is 3.04. The Morgan fingerprint density at radius 2 is 1.81 bits per heavy atom. The Balaban J connectivity index is 2.02. The average molecular weight is 452 g/mol. The molecular weight excluding hydrogens is 433 g/mol. The van der Waals surface area contributed by atoms with Crippen molar-refractivity contribution < 1.29 is 23.8 Å². The Morgan fingerprint density at radius 3 is 2.50 bits per heavy atom. The molecule has 0 saturated carbocycles. The Labute approximate surface area is 189 Å². The van der Waals surface area contributed by atoms with Crippen LogP contribution in [-0.4, -0.2) is 23.9 Å². The molecule has 0 spiro atoms. The predicted octanol–water partition coefficient (Wildman–Crippen LogP) is 5.42. The van der Waals surface area contributed by atoms with Crippen LogP contribution in [0.3, 0.4) is 0 Å². The summed E-state index contributed by atoms with van der Waals surface area (Å²) in [6, 6.07) is 16.3. The molecule has 0 aliphatic carbocycles. The molecule has 1 aliphatic heterocycles. The molecule has 1 atom stereocenters. The number of benzene rings is 3. The number of hydrogen-bond donors (Lipinski definition) is 1. The van der Waals surface area contributed by atoms with Gasteiger partial charge in [-0.05, 0) is 54.4 Å². The lowest BCUT2D eigenvalue weighted by molar-refractivity contribution is -0.132. The molecule has 1 fully saturated rings. The van der Waals surface area contributed by atoms with Gasteiger partial charge in [0.1, 0.15) is 17.3 Å². The first-order valence-electron chi connectivity index (χ1n) is 9.79. The van der Waals surface area contributed by atoms with Gasteiger partial charge in [-0.3, -0.25) is 14.5 Å². The number of amides is 1. The van der Waals surface area contributed by atoms with Crippen molar-refractivity contribution in [3.05, 3.63) is 99.8 Å². The van der Waals surface area contributed by atoms with Gasteiger partial charge in [0, 0.05) is 10.7 Å². The molecule has 162 valence electrons. The fraction of sp³-hybridized carbons (Fsp3) is 0.120. The number of ketones is 1. The molecule has 1 heterocycles. The summed E-state index contributed by atoms with van der Waals surface area (Å²) in [6.07, 6.45) is 0. The Bertz CT molecular complexity index is 1270. The summed E-state index contributed by atoms with van der Waals surface area (Å²) >= 11 is 6.12. The Morgan fingerprint density at radius 1 is 1.06 bits per heavy atom. The number of carbonyl (C=O) groups is 2. The molecule has 0 aromatic heterocycles. The van der Waals surface area contributed by atoms with Gasteiger partial charge in [-0.1, -0.05) is 41.9 Å². The molecule has 1 amide bonds. The van der Waals surface area contributed by atoms with Crippen molar-refractivity contribution in [1.82, 2.24) is 0 Å². The van der Waals surface area contributed by atoms with Crippen molar-refractivity contribution in [2.24, 2.45) is 0 Å². The summed E-state index contributed by atoms with van der Waals surface area (Å²) < 4.78 is 19.3. The van der Waals surface area contributed by atoms with Crippen LogP contribution in [0.5, 0.6) is 5.75 Å². The van der Waals surface area contributed by atoms with Gasteiger partial charge in [0.25, 0.3) is 11.7 Å². The van der Waals surface area contributed by atoms with Crippen LogP contribution in [0.15, 0.2) is 72.3 Å². The number of Topliss-reactive ketones (excluding diaryl/α,β-unsaturated/α-hetero) is 1. The number of methoxy groups -OCH3 is 1. The van der Waals surface area contributed by atoms with Crippen molar-refractivity contribution >= 4 is 34.7 Å². The predicted molar refractivity (Wildman–Crippen MR) is 120 cm³/mol. The van der Waals surface area contributed by atoms with Crippen LogP contribution < -0.4 is 9.64 Å². The van der Waals surface area contributed by atoms with Gasteiger partial charge in [-0.15, -0.1) is 0 Å². The van der Waals surface area contributed by atoms with Crippen LogP contribution in [0.4, 0.5) is 10.1 Å². The third-order valence-corrected chi connectivity index (χ3v) is 5.67. The van der Waals surface area contributed by atoms with Crippen molar-refractivity contribution in [2.45, 2.75) is 13.0 Å². The number of aryl methyl sites for hydroxylation is 1. The SMILES string of the molecule is COc1ccc(Cl)cc1/C(O)=C1\C(=O)C(=O)N(c2cccc(F)c2)C1c1ccccc1C. The molecule has 7 heteroatoms. The Hall–Kier alpha value is -3.64. The first kappa shape index (κ1) is 21.6. The molecule has 1 unspecified atom stereocenters. The highest BCUT2D eigenvalue weighted by molar-refractivity contribution is 6.51. The minimum Gasteiger partial charge on any atom is -0.507 e. The van der Waals surface area contributed by atoms with Gasteiger partial charge in [0.2, 0.25) is 0 Å². The van der Waals surface area contributed by atoms with Crippen molar-refractivity contribution in [1.29, 1.82) is 0 Å². The number of aliphatic hydroxyl groups excluding tert-OH is 1. The number of aliphatic hydroxyl groups is 1. The molecule has 3 aromatic carbocycles. The summed E-state index contributed by atoms with van der Waals surface area (Å²) in [5.74, 6) is -2.44. The number of hydrogen-bond acceptors (Lipinski definition) is 4. The van der Waals surface area contributed by atoms with E-state index in [1.54, 1.807) is 30.3 Å². The normalized spacial score (nSPS) is 17.6. The zero-order valence-electron chi connectivity index (χ0n) is 17.3. The summed E-state index contributed by atoms with van der Waals surface area (Å²) in [6.45, 7) is 1.83. The number of nitrogens with zero attached hydrogens (tertiary/aromatic N) is 1. The number of ether oxygens (including phenoxy) is 1. The third kappa shape index (κ3) is 3.63. The molecule has 4 rings (SSSR count). The van der Waals surface area contributed by atoms with E-state index in [2.05, 4.69) is 0 Å². The van der Waals surface area contributed by atoms with Crippen LogP contribution in [0.25, 0.3) is 5.76 Å². The van der Waals surface area contributed by atoms with Crippen LogP contribution in [-0.2, 0) is 9.59 Å². The summed E-state index contributed by atoms with van der Waals surface area (Å²) in [4.78, 5) is 27.5. The van der Waals surface area contributed by atoms with E-state index in [1.165, 1.54) is 36.3 Å². The highest BCUT2D eigenvalue weighted by atomic mass is 35.5. The highest BCUT2D eigenvalue weighted by Crippen LogP contribution is 2.44. The molecule has 5 nitrogen and oxygen atoms in total. The quantitative estimate of drug-likeness (QED) is 0.326. The van der Waals surface area contributed by atoms with E-state index in [1.807, 2.05) is 19.1 Å². The largest absolute Gasteiger partial charge is 0.507 e. The van der Waals surface area contributed by atoms with Crippen LogP contribution in [0.1, 0.15) is 22.7 Å². The highest BCUT2D eigenvalue weighted by Gasteiger charge is 2.47. The standard InChI is InChI=1S/C25H19ClFNO4/c1-14-6-3-4-9-18(14)22-21(23(29)19-12-15(26)10-11-20(19)32-2)24(30)25(31)28(22)17-8-5-7-16(27)13-17/h3-13,22,29H,1-2H3/b23-21+. The summed E-state index contributed by atoms with van der Waals surface area (Å²) in [7, 11) is 1.42. The second-order valence-electron chi connectivity index (χ2n) is 7.35. The molecule has 32 heavy (non-hydrogen) atoms. The molecule has 0 radical (unpaired) electrons. The fourth-order valence-corrected chi connectivity index (χ4v) is 4.10. The number of anilines is 1. The minimum absolute atomic E-state index is 0.130. The van der Waals surface area contributed by atoms with Crippen LogP contribution in [0.2, 0.25) is 5.02 Å². The van der Waals surface area contributed by atoms with Crippen LogP contribution in [0, 0.1) is 12.7 Å². The minimum atomic E-state index is -0.971. The maximum atomic E-state index is 14.0. The lowest BCUT2D eigenvalue weighted by atomic mass is 9.92. The molecule has 0 bridgehead atoms. The zero-order valence-corrected chi connectivity index (χ0v) is 18.1. The van der Waals surface area contributed by atoms with E-state index < -0.39 is 29.3 Å². The van der Waals surface area contributed by atoms with Crippen molar-refractivity contribution in [3.8, 4) is 5.75 Å². The Kier molecular flexibility index (Phi) is 5.72. The first-order valence-corrected chi connectivity index (χ1v) is 10.2. The van der Waals surface area contributed by atoms with E-state index in [4.69, 9.17) is 16.3 Å². The summed E-state index contributed by atoms with van der Waals surface area (Å²) in [5.41, 5.74) is 1.67. The van der Waals surface area contributed by atoms with Gasteiger partial charge >= 0.3 is 0 Å². The van der Waals surface area contributed by atoms with Crippen LogP contribution >= 0.6 is 11.6 Å². The second kappa shape index (κ2) is 8.48. The number of rotatable bonds is 4. The topological polar surface area (TPSA) is 66.8 Å². The maximum absolute atomic E-state index is 14.0. The van der Waals surface area contributed by atoms with Gasteiger partial charge in [0.05, 0.1) is 24.3 Å². The number of carbonyl (C=O) groups excluding carboxylic acids is 2. The summed E-state index contributed by atoms with van der Waals surface area (Å²) in [5, 5.41) is 11.6. The van der Waals surface area contributed by atoms with E-state index >= 15 is 0 Å². The van der Waals surface area contributed by atoms with Crippen molar-refractivity contribution in [2.75, 3.05) is 12.0 Å². The molecular formula is C25H19ClFNO4. The lowest BCUT2D eigenvalue weighted by Crippen LogP contribution is -2.29. The van der Waals surface area contributed by atoms with Crippen molar-refractivity contribution in [3.63, 3.8) is 0 Å². The molecule has 1 N–H and O–H groups in total. The van der Waals surface area contributed by atoms with E-state index in [-0.39, 0.29) is 22.6 Å². The fourth-order valence-electron chi connectivity index (χ4n) is 3.92. The molecule has 3 aromatic rings. The van der Waals surface area contributed by atoms with Gasteiger partial charge in [-0.2, -0.15) is 0 Å². The zero-order chi connectivity index (χ0) is 23.0. The maximum Gasteiger partial charge on any atom is 0.300 e. The monoisotopic (exact) mass is 451 g/mol.